The number of benzene rings is 1. The molecule has 0 saturated heterocycles. The highest BCUT2D eigenvalue weighted by Gasteiger charge is 2.14. The van der Waals surface area contributed by atoms with Gasteiger partial charge in [0.2, 0.25) is 0 Å². The normalized spacial score (nSPS) is 10.2. The van der Waals surface area contributed by atoms with Crippen molar-refractivity contribution >= 4 is 21.8 Å². The van der Waals surface area contributed by atoms with Crippen molar-refractivity contribution in [1.82, 2.24) is 9.88 Å². The number of rotatable bonds is 4. The first-order valence-corrected chi connectivity index (χ1v) is 6.89. The molecule has 0 unspecified atom stereocenters. The van der Waals surface area contributed by atoms with E-state index in [1.165, 1.54) is 0 Å². The van der Waals surface area contributed by atoms with Crippen LogP contribution in [0.4, 0.5) is 0 Å². The van der Waals surface area contributed by atoms with Crippen molar-refractivity contribution < 1.29 is 9.53 Å². The molecule has 0 atom stereocenters. The van der Waals surface area contributed by atoms with Crippen molar-refractivity contribution in [2.75, 3.05) is 14.2 Å². The van der Waals surface area contributed by atoms with Crippen LogP contribution in [0.3, 0.4) is 0 Å². The van der Waals surface area contributed by atoms with Gasteiger partial charge in [-0.25, -0.2) is 0 Å². The Morgan fingerprint density at radius 2 is 2.00 bits per heavy atom. The lowest BCUT2D eigenvalue weighted by Crippen LogP contribution is -2.26. The maximum atomic E-state index is 12.3. The maximum Gasteiger partial charge on any atom is 0.255 e. The third-order valence-corrected chi connectivity index (χ3v) is 3.56. The quantitative estimate of drug-likeness (QED) is 0.862. The minimum Gasteiger partial charge on any atom is -0.497 e. The van der Waals surface area contributed by atoms with Crippen LogP contribution < -0.4 is 4.74 Å². The summed E-state index contributed by atoms with van der Waals surface area (Å²) >= 11 is 3.34. The first kappa shape index (κ1) is 14.5. The zero-order valence-electron chi connectivity index (χ0n) is 11.3. The van der Waals surface area contributed by atoms with E-state index >= 15 is 0 Å². The molecule has 104 valence electrons. The van der Waals surface area contributed by atoms with Gasteiger partial charge in [0.1, 0.15) is 5.75 Å². The Morgan fingerprint density at radius 1 is 1.30 bits per heavy atom. The van der Waals surface area contributed by atoms with Crippen molar-refractivity contribution in [3.63, 3.8) is 0 Å². The zero-order valence-corrected chi connectivity index (χ0v) is 12.9. The van der Waals surface area contributed by atoms with Gasteiger partial charge >= 0.3 is 0 Å². The summed E-state index contributed by atoms with van der Waals surface area (Å²) in [5.74, 6) is 0.759. The first-order chi connectivity index (χ1) is 9.61. The third kappa shape index (κ3) is 3.36. The molecule has 2 aromatic rings. The van der Waals surface area contributed by atoms with E-state index in [0.29, 0.717) is 16.6 Å². The molecular weight excluding hydrogens is 320 g/mol. The van der Waals surface area contributed by atoms with Gasteiger partial charge in [0.25, 0.3) is 5.91 Å². The molecular formula is C15H15BrN2O2. The van der Waals surface area contributed by atoms with Crippen molar-refractivity contribution in [2.45, 2.75) is 6.54 Å². The molecule has 0 aliphatic heterocycles. The third-order valence-electron chi connectivity index (χ3n) is 2.93. The van der Waals surface area contributed by atoms with Crippen molar-refractivity contribution in [3.8, 4) is 5.75 Å². The number of amides is 1. The minimum absolute atomic E-state index is 0.0462. The molecule has 1 heterocycles. The Bertz CT molecular complexity index is 599. The summed E-state index contributed by atoms with van der Waals surface area (Å²) in [7, 11) is 3.41. The van der Waals surface area contributed by atoms with Crippen LogP contribution in [0.5, 0.6) is 5.75 Å². The summed E-state index contributed by atoms with van der Waals surface area (Å²) in [5.41, 5.74) is 1.66. The van der Waals surface area contributed by atoms with Gasteiger partial charge in [-0.1, -0.05) is 12.1 Å². The standard InChI is InChI=1S/C15H15BrN2O2/c1-18(10-11-3-5-12(20-2)6-4-11)15(19)13-7-8-17-9-14(13)16/h3-9H,10H2,1-2H3. The SMILES string of the molecule is COc1ccc(CN(C)C(=O)c2ccncc2Br)cc1. The molecule has 0 N–H and O–H groups in total. The predicted octanol–water partition coefficient (Wildman–Crippen LogP) is 3.12. The number of halogens is 1. The molecule has 1 aromatic heterocycles. The number of aromatic nitrogens is 1. The fraction of sp³-hybridized carbons (Fsp3) is 0.200. The fourth-order valence-electron chi connectivity index (χ4n) is 1.83. The van der Waals surface area contributed by atoms with Gasteiger partial charge in [0, 0.05) is 30.5 Å². The molecule has 0 fully saturated rings. The number of carbonyl (C=O) groups excluding carboxylic acids is 1. The van der Waals surface area contributed by atoms with Gasteiger partial charge < -0.3 is 9.64 Å². The molecule has 0 bridgehead atoms. The van der Waals surface area contributed by atoms with Crippen molar-refractivity contribution in [3.05, 3.63) is 58.3 Å². The summed E-state index contributed by atoms with van der Waals surface area (Å²) in [5, 5.41) is 0. The number of carbonyl (C=O) groups is 1. The number of pyridine rings is 1. The highest BCUT2D eigenvalue weighted by atomic mass is 79.9. The van der Waals surface area contributed by atoms with Gasteiger partial charge in [0.15, 0.2) is 0 Å². The second-order valence-corrected chi connectivity index (χ2v) is 5.22. The predicted molar refractivity (Wildman–Crippen MR) is 80.7 cm³/mol. The van der Waals surface area contributed by atoms with E-state index in [1.807, 2.05) is 24.3 Å². The van der Waals surface area contributed by atoms with Gasteiger partial charge in [-0.05, 0) is 39.7 Å². The molecule has 20 heavy (non-hydrogen) atoms. The largest absolute Gasteiger partial charge is 0.497 e. The molecule has 0 spiro atoms. The summed E-state index contributed by atoms with van der Waals surface area (Å²) in [6.07, 6.45) is 3.23. The van der Waals surface area contributed by atoms with Crippen LogP contribution in [0.25, 0.3) is 0 Å². The number of nitrogens with zero attached hydrogens (tertiary/aromatic N) is 2. The zero-order chi connectivity index (χ0) is 14.5. The Balaban J connectivity index is 2.09. The van der Waals surface area contributed by atoms with Gasteiger partial charge in [-0.2, -0.15) is 0 Å². The number of ether oxygens (including phenoxy) is 1. The molecule has 1 aromatic carbocycles. The summed E-state index contributed by atoms with van der Waals surface area (Å²) < 4.78 is 5.81. The molecule has 0 radical (unpaired) electrons. The topological polar surface area (TPSA) is 42.4 Å². The summed E-state index contributed by atoms with van der Waals surface area (Å²) in [4.78, 5) is 18.0. The van der Waals surface area contributed by atoms with E-state index in [-0.39, 0.29) is 5.91 Å². The lowest BCUT2D eigenvalue weighted by atomic mass is 10.2. The number of hydrogen-bond acceptors (Lipinski definition) is 3. The fourth-order valence-corrected chi connectivity index (χ4v) is 2.25. The van der Waals surface area contributed by atoms with Crippen LogP contribution in [-0.2, 0) is 6.54 Å². The minimum atomic E-state index is -0.0462. The van der Waals surface area contributed by atoms with E-state index in [1.54, 1.807) is 37.5 Å². The van der Waals surface area contributed by atoms with E-state index in [4.69, 9.17) is 4.74 Å². The van der Waals surface area contributed by atoms with E-state index in [9.17, 15) is 4.79 Å². The molecule has 2 rings (SSSR count). The van der Waals surface area contributed by atoms with Crippen LogP contribution in [0, 0.1) is 0 Å². The van der Waals surface area contributed by atoms with Crippen LogP contribution in [0.2, 0.25) is 0 Å². The highest BCUT2D eigenvalue weighted by molar-refractivity contribution is 9.10. The van der Waals surface area contributed by atoms with Gasteiger partial charge in [0.05, 0.1) is 12.7 Å². The van der Waals surface area contributed by atoms with Crippen LogP contribution in [-0.4, -0.2) is 29.9 Å². The molecule has 0 aliphatic rings. The maximum absolute atomic E-state index is 12.3. The average Bonchev–Trinajstić information content (AvgIpc) is 2.48. The lowest BCUT2D eigenvalue weighted by Gasteiger charge is -2.18. The smallest absolute Gasteiger partial charge is 0.255 e. The summed E-state index contributed by atoms with van der Waals surface area (Å²) in [6, 6.07) is 9.37. The Hall–Kier alpha value is -1.88. The molecule has 0 saturated carbocycles. The van der Waals surface area contributed by atoms with Crippen molar-refractivity contribution in [1.29, 1.82) is 0 Å². The highest BCUT2D eigenvalue weighted by Crippen LogP contribution is 2.18. The van der Waals surface area contributed by atoms with Crippen LogP contribution in [0.1, 0.15) is 15.9 Å². The monoisotopic (exact) mass is 334 g/mol. The molecule has 5 heteroatoms. The van der Waals surface area contributed by atoms with Crippen LogP contribution in [0.15, 0.2) is 47.2 Å². The molecule has 0 aliphatic carbocycles. The number of hydrogen-bond donors (Lipinski definition) is 0. The van der Waals surface area contributed by atoms with E-state index in [0.717, 1.165) is 11.3 Å². The first-order valence-electron chi connectivity index (χ1n) is 6.09. The van der Waals surface area contributed by atoms with E-state index < -0.39 is 0 Å². The van der Waals surface area contributed by atoms with E-state index in [2.05, 4.69) is 20.9 Å². The lowest BCUT2D eigenvalue weighted by molar-refractivity contribution is 0.0784. The Morgan fingerprint density at radius 3 is 2.60 bits per heavy atom. The van der Waals surface area contributed by atoms with Crippen molar-refractivity contribution in [2.24, 2.45) is 0 Å². The van der Waals surface area contributed by atoms with Crippen LogP contribution >= 0.6 is 15.9 Å². The second-order valence-electron chi connectivity index (χ2n) is 4.36. The van der Waals surface area contributed by atoms with Gasteiger partial charge in [-0.3, -0.25) is 9.78 Å². The average molecular weight is 335 g/mol. The molecule has 1 amide bonds. The number of methoxy groups -OCH3 is 1. The summed E-state index contributed by atoms with van der Waals surface area (Å²) in [6.45, 7) is 0.539. The Kier molecular flexibility index (Phi) is 4.74. The second kappa shape index (κ2) is 6.52. The Labute approximate surface area is 126 Å². The molecule has 4 nitrogen and oxygen atoms in total. The van der Waals surface area contributed by atoms with Gasteiger partial charge in [-0.15, -0.1) is 0 Å².